The minimum atomic E-state index is -0.0157. The zero-order valence-electron chi connectivity index (χ0n) is 12.5. The van der Waals surface area contributed by atoms with Gasteiger partial charge < -0.3 is 10.6 Å². The van der Waals surface area contributed by atoms with Crippen molar-refractivity contribution in [1.29, 1.82) is 0 Å². The van der Waals surface area contributed by atoms with Crippen LogP contribution in [0.4, 0.5) is 5.69 Å². The molecular weight excluding hydrogens is 256 g/mol. The third kappa shape index (κ3) is 4.78. The van der Waals surface area contributed by atoms with Crippen LogP contribution in [0.5, 0.6) is 0 Å². The lowest BCUT2D eigenvalue weighted by atomic mass is 10.1. The summed E-state index contributed by atoms with van der Waals surface area (Å²) in [6, 6.07) is 5.86. The van der Waals surface area contributed by atoms with Crippen LogP contribution in [-0.2, 0) is 0 Å². The van der Waals surface area contributed by atoms with Gasteiger partial charge in [-0.1, -0.05) is 6.07 Å². The topological polar surface area (TPSA) is 41.1 Å². The van der Waals surface area contributed by atoms with Gasteiger partial charge in [-0.25, -0.2) is 0 Å². The Labute approximate surface area is 120 Å². The van der Waals surface area contributed by atoms with E-state index >= 15 is 0 Å². The normalized spacial score (nSPS) is 11.2. The van der Waals surface area contributed by atoms with Gasteiger partial charge in [-0.2, -0.15) is 11.8 Å². The van der Waals surface area contributed by atoms with Crippen molar-refractivity contribution in [3.63, 3.8) is 0 Å². The Bertz CT molecular complexity index is 444. The molecule has 0 spiro atoms. The van der Waals surface area contributed by atoms with Crippen molar-refractivity contribution in [3.05, 3.63) is 29.3 Å². The number of nitrogens with one attached hydrogen (secondary N) is 2. The Morgan fingerprint density at radius 1 is 1.37 bits per heavy atom. The molecule has 0 saturated heterocycles. The molecule has 0 unspecified atom stereocenters. The summed E-state index contributed by atoms with van der Waals surface area (Å²) in [5.74, 6) is -0.0157. The van der Waals surface area contributed by atoms with Gasteiger partial charge in [-0.15, -0.1) is 0 Å². The molecule has 1 amide bonds. The van der Waals surface area contributed by atoms with Crippen molar-refractivity contribution in [2.24, 2.45) is 0 Å². The molecule has 1 rings (SSSR count). The number of amides is 1. The molecule has 0 radical (unpaired) electrons. The van der Waals surface area contributed by atoms with Crippen molar-refractivity contribution in [1.82, 2.24) is 5.32 Å². The van der Waals surface area contributed by atoms with Crippen LogP contribution in [0, 0.1) is 6.92 Å². The van der Waals surface area contributed by atoms with Crippen LogP contribution in [0.2, 0.25) is 0 Å². The SMILES string of the molecule is CCNc1cc(C)ccc1C(=O)NCC(C)(C)SC. The number of aryl methyl sites for hydroxylation is 1. The van der Waals surface area contributed by atoms with Gasteiger partial charge in [-0.3, -0.25) is 4.79 Å². The molecule has 4 heteroatoms. The number of anilines is 1. The van der Waals surface area contributed by atoms with Crippen LogP contribution in [0.25, 0.3) is 0 Å². The largest absolute Gasteiger partial charge is 0.385 e. The quantitative estimate of drug-likeness (QED) is 0.840. The zero-order chi connectivity index (χ0) is 14.5. The number of rotatable bonds is 6. The van der Waals surface area contributed by atoms with Gasteiger partial charge in [0.25, 0.3) is 5.91 Å². The van der Waals surface area contributed by atoms with Crippen LogP contribution >= 0.6 is 11.8 Å². The van der Waals surface area contributed by atoms with E-state index in [0.717, 1.165) is 17.8 Å². The average Bonchev–Trinajstić information content (AvgIpc) is 2.37. The monoisotopic (exact) mass is 280 g/mol. The maximum Gasteiger partial charge on any atom is 0.253 e. The minimum absolute atomic E-state index is 0.0157. The molecule has 2 N–H and O–H groups in total. The molecule has 0 bridgehead atoms. The molecule has 0 aromatic heterocycles. The number of hydrogen-bond acceptors (Lipinski definition) is 3. The van der Waals surface area contributed by atoms with E-state index in [2.05, 4.69) is 30.7 Å². The Morgan fingerprint density at radius 3 is 2.63 bits per heavy atom. The third-order valence-corrected chi connectivity index (χ3v) is 4.26. The van der Waals surface area contributed by atoms with E-state index in [1.54, 1.807) is 11.8 Å². The fourth-order valence-electron chi connectivity index (χ4n) is 1.65. The van der Waals surface area contributed by atoms with Crippen LogP contribution in [0.3, 0.4) is 0 Å². The number of hydrogen-bond donors (Lipinski definition) is 2. The molecule has 106 valence electrons. The van der Waals surface area contributed by atoms with Gasteiger partial charge in [0.15, 0.2) is 0 Å². The van der Waals surface area contributed by atoms with Gasteiger partial charge in [0.2, 0.25) is 0 Å². The first-order valence-electron chi connectivity index (χ1n) is 6.57. The molecule has 1 aromatic rings. The van der Waals surface area contributed by atoms with E-state index in [4.69, 9.17) is 0 Å². The average molecular weight is 280 g/mol. The highest BCUT2D eigenvalue weighted by molar-refractivity contribution is 7.99. The van der Waals surface area contributed by atoms with E-state index in [-0.39, 0.29) is 10.7 Å². The maximum atomic E-state index is 12.3. The van der Waals surface area contributed by atoms with E-state index in [0.29, 0.717) is 12.1 Å². The number of thioether (sulfide) groups is 1. The van der Waals surface area contributed by atoms with Crippen molar-refractivity contribution in [2.45, 2.75) is 32.4 Å². The molecule has 3 nitrogen and oxygen atoms in total. The fourth-order valence-corrected chi connectivity index (χ4v) is 1.87. The molecule has 0 aliphatic carbocycles. The molecule has 19 heavy (non-hydrogen) atoms. The first-order valence-corrected chi connectivity index (χ1v) is 7.80. The van der Waals surface area contributed by atoms with Crippen LogP contribution < -0.4 is 10.6 Å². The standard InChI is InChI=1S/C15H24N2OS/c1-6-16-13-9-11(2)7-8-12(13)14(18)17-10-15(3,4)19-5/h7-9,16H,6,10H2,1-5H3,(H,17,18). The van der Waals surface area contributed by atoms with Crippen molar-refractivity contribution >= 4 is 23.4 Å². The Balaban J connectivity index is 2.81. The molecule has 0 aliphatic heterocycles. The highest BCUT2D eigenvalue weighted by Crippen LogP contribution is 2.21. The lowest BCUT2D eigenvalue weighted by Gasteiger charge is -2.22. The number of carbonyl (C=O) groups is 1. The fraction of sp³-hybridized carbons (Fsp3) is 0.533. The van der Waals surface area contributed by atoms with Gasteiger partial charge >= 0.3 is 0 Å². The molecule has 0 atom stereocenters. The van der Waals surface area contributed by atoms with Crippen molar-refractivity contribution in [2.75, 3.05) is 24.7 Å². The lowest BCUT2D eigenvalue weighted by Crippen LogP contribution is -2.36. The Morgan fingerprint density at radius 2 is 2.05 bits per heavy atom. The summed E-state index contributed by atoms with van der Waals surface area (Å²) in [6.07, 6.45) is 2.06. The van der Waals surface area contributed by atoms with E-state index in [1.807, 2.05) is 32.0 Å². The third-order valence-electron chi connectivity index (χ3n) is 3.01. The molecule has 0 heterocycles. The second-order valence-electron chi connectivity index (χ2n) is 5.23. The zero-order valence-corrected chi connectivity index (χ0v) is 13.3. The van der Waals surface area contributed by atoms with E-state index < -0.39 is 0 Å². The van der Waals surface area contributed by atoms with Crippen LogP contribution in [0.15, 0.2) is 18.2 Å². The van der Waals surface area contributed by atoms with Crippen molar-refractivity contribution < 1.29 is 4.79 Å². The van der Waals surface area contributed by atoms with E-state index in [1.165, 1.54) is 0 Å². The second-order valence-corrected chi connectivity index (χ2v) is 6.74. The lowest BCUT2D eigenvalue weighted by molar-refractivity contribution is 0.0951. The van der Waals surface area contributed by atoms with Gasteiger partial charge in [0.05, 0.1) is 5.56 Å². The highest BCUT2D eigenvalue weighted by atomic mass is 32.2. The minimum Gasteiger partial charge on any atom is -0.385 e. The number of carbonyl (C=O) groups excluding carboxylic acids is 1. The summed E-state index contributed by atoms with van der Waals surface area (Å²) < 4.78 is 0.0543. The molecule has 1 aromatic carbocycles. The smallest absolute Gasteiger partial charge is 0.253 e. The summed E-state index contributed by atoms with van der Waals surface area (Å²) in [5.41, 5.74) is 2.77. The molecule has 0 fully saturated rings. The molecular formula is C15H24N2OS. The Hall–Kier alpha value is -1.16. The maximum absolute atomic E-state index is 12.3. The first-order chi connectivity index (χ1) is 8.89. The van der Waals surface area contributed by atoms with Gasteiger partial charge in [0, 0.05) is 23.5 Å². The van der Waals surface area contributed by atoms with Crippen LogP contribution in [0.1, 0.15) is 36.7 Å². The second kappa shape index (κ2) is 6.85. The summed E-state index contributed by atoms with van der Waals surface area (Å²) >= 11 is 1.75. The van der Waals surface area contributed by atoms with Gasteiger partial charge in [0.1, 0.15) is 0 Å². The highest BCUT2D eigenvalue weighted by Gasteiger charge is 2.18. The summed E-state index contributed by atoms with van der Waals surface area (Å²) in [5, 5.41) is 6.25. The molecule has 0 aliphatic rings. The molecule has 0 saturated carbocycles. The summed E-state index contributed by atoms with van der Waals surface area (Å²) in [6.45, 7) is 9.77. The van der Waals surface area contributed by atoms with Crippen LogP contribution in [-0.4, -0.2) is 30.0 Å². The predicted octanol–water partition coefficient (Wildman–Crippen LogP) is 3.30. The first kappa shape index (κ1) is 15.9. The van der Waals surface area contributed by atoms with E-state index in [9.17, 15) is 4.79 Å². The Kier molecular flexibility index (Phi) is 5.73. The number of benzene rings is 1. The predicted molar refractivity (Wildman–Crippen MR) is 85.3 cm³/mol. The van der Waals surface area contributed by atoms with Gasteiger partial charge in [-0.05, 0) is 51.6 Å². The van der Waals surface area contributed by atoms with Crippen molar-refractivity contribution in [3.8, 4) is 0 Å². The summed E-state index contributed by atoms with van der Waals surface area (Å²) in [4.78, 5) is 12.3. The summed E-state index contributed by atoms with van der Waals surface area (Å²) in [7, 11) is 0.